The Morgan fingerprint density at radius 1 is 1.35 bits per heavy atom. The highest BCUT2D eigenvalue weighted by Gasteiger charge is 2.26. The molecule has 1 aromatic rings. The van der Waals surface area contributed by atoms with E-state index in [1.807, 2.05) is 6.92 Å². The molecule has 1 aromatic heterocycles. The molecule has 112 valence electrons. The van der Waals surface area contributed by atoms with Gasteiger partial charge in [-0.05, 0) is 24.6 Å². The first-order chi connectivity index (χ1) is 9.64. The van der Waals surface area contributed by atoms with Gasteiger partial charge in [0.25, 0.3) is 10.0 Å². The molecule has 20 heavy (non-hydrogen) atoms. The standard InChI is InChI=1S/C13H21N3O3S/c1-2-14-10-12-4-5-13(15-11-12)20(17,18)16-6-3-8-19-9-7-16/h4-5,11,14H,2-3,6-10H2,1H3. The van der Waals surface area contributed by atoms with Crippen molar-refractivity contribution < 1.29 is 13.2 Å². The smallest absolute Gasteiger partial charge is 0.260 e. The number of pyridine rings is 1. The molecule has 6 nitrogen and oxygen atoms in total. The van der Waals surface area contributed by atoms with Crippen molar-refractivity contribution in [2.45, 2.75) is 24.9 Å². The van der Waals surface area contributed by atoms with Gasteiger partial charge in [0.2, 0.25) is 0 Å². The predicted molar refractivity (Wildman–Crippen MR) is 75.8 cm³/mol. The quantitative estimate of drug-likeness (QED) is 0.862. The summed E-state index contributed by atoms with van der Waals surface area (Å²) in [4.78, 5) is 4.10. The minimum Gasteiger partial charge on any atom is -0.380 e. The summed E-state index contributed by atoms with van der Waals surface area (Å²) in [6.45, 7) is 5.52. The Bertz CT molecular complexity index is 508. The second-order valence-electron chi connectivity index (χ2n) is 4.66. The second-order valence-corrected chi connectivity index (χ2v) is 6.54. The summed E-state index contributed by atoms with van der Waals surface area (Å²) >= 11 is 0. The molecule has 0 bridgehead atoms. The molecule has 0 radical (unpaired) electrons. The molecule has 0 aliphatic carbocycles. The average Bonchev–Trinajstić information content (AvgIpc) is 2.75. The van der Waals surface area contributed by atoms with Gasteiger partial charge in [-0.3, -0.25) is 0 Å². The Morgan fingerprint density at radius 3 is 2.90 bits per heavy atom. The molecule has 1 aliphatic rings. The van der Waals surface area contributed by atoms with E-state index < -0.39 is 10.0 Å². The summed E-state index contributed by atoms with van der Waals surface area (Å²) in [6, 6.07) is 3.38. The Balaban J connectivity index is 2.12. The third-order valence-electron chi connectivity index (χ3n) is 3.16. The van der Waals surface area contributed by atoms with Crippen molar-refractivity contribution in [3.8, 4) is 0 Å². The number of nitrogens with one attached hydrogen (secondary N) is 1. The Hall–Kier alpha value is -1.02. The molecule has 1 fully saturated rings. The van der Waals surface area contributed by atoms with E-state index in [0.29, 0.717) is 32.8 Å². The van der Waals surface area contributed by atoms with Crippen LogP contribution in [0.25, 0.3) is 0 Å². The van der Waals surface area contributed by atoms with Crippen LogP contribution >= 0.6 is 0 Å². The first-order valence-corrected chi connectivity index (χ1v) is 8.32. The van der Waals surface area contributed by atoms with Crippen LogP contribution in [0.1, 0.15) is 18.9 Å². The molecule has 0 aromatic carbocycles. The third kappa shape index (κ3) is 3.76. The molecule has 0 saturated carbocycles. The number of rotatable bonds is 5. The fourth-order valence-electron chi connectivity index (χ4n) is 2.03. The van der Waals surface area contributed by atoms with E-state index in [2.05, 4.69) is 10.3 Å². The normalized spacial score (nSPS) is 17.9. The lowest BCUT2D eigenvalue weighted by molar-refractivity contribution is 0.148. The van der Waals surface area contributed by atoms with Crippen LogP contribution in [-0.4, -0.2) is 50.6 Å². The van der Waals surface area contributed by atoms with Crippen molar-refractivity contribution in [2.75, 3.05) is 32.8 Å². The van der Waals surface area contributed by atoms with Gasteiger partial charge in [-0.1, -0.05) is 13.0 Å². The summed E-state index contributed by atoms with van der Waals surface area (Å²) in [5.41, 5.74) is 0.977. The molecule has 1 N–H and O–H groups in total. The molecule has 1 saturated heterocycles. The van der Waals surface area contributed by atoms with Crippen molar-refractivity contribution in [3.63, 3.8) is 0 Å². The van der Waals surface area contributed by atoms with Gasteiger partial charge >= 0.3 is 0 Å². The van der Waals surface area contributed by atoms with Gasteiger partial charge in [0.05, 0.1) is 6.61 Å². The lowest BCUT2D eigenvalue weighted by Crippen LogP contribution is -2.33. The number of hydrogen-bond donors (Lipinski definition) is 1. The Kier molecular flexibility index (Phi) is 5.47. The molecule has 0 unspecified atom stereocenters. The maximum absolute atomic E-state index is 12.5. The molecule has 0 atom stereocenters. The zero-order valence-corrected chi connectivity index (χ0v) is 12.5. The van der Waals surface area contributed by atoms with E-state index in [1.54, 1.807) is 18.3 Å². The minimum absolute atomic E-state index is 0.111. The average molecular weight is 299 g/mol. The molecule has 0 spiro atoms. The topological polar surface area (TPSA) is 71.5 Å². The van der Waals surface area contributed by atoms with Crippen molar-refractivity contribution in [1.29, 1.82) is 0 Å². The number of sulfonamides is 1. The monoisotopic (exact) mass is 299 g/mol. The second kappa shape index (κ2) is 7.12. The molecular weight excluding hydrogens is 278 g/mol. The fraction of sp³-hybridized carbons (Fsp3) is 0.615. The molecule has 2 heterocycles. The van der Waals surface area contributed by atoms with Gasteiger partial charge in [0.15, 0.2) is 5.03 Å². The molecular formula is C13H21N3O3S. The molecule has 1 aliphatic heterocycles. The zero-order chi connectivity index (χ0) is 14.4. The van der Waals surface area contributed by atoms with Crippen LogP contribution < -0.4 is 5.32 Å². The first-order valence-electron chi connectivity index (χ1n) is 6.88. The minimum atomic E-state index is -3.50. The van der Waals surface area contributed by atoms with Crippen molar-refractivity contribution in [1.82, 2.24) is 14.6 Å². The Labute approximate surface area is 120 Å². The van der Waals surface area contributed by atoms with Gasteiger partial charge in [-0.25, -0.2) is 13.4 Å². The van der Waals surface area contributed by atoms with Crippen LogP contribution in [0.2, 0.25) is 0 Å². The van der Waals surface area contributed by atoms with Crippen LogP contribution in [0.15, 0.2) is 23.4 Å². The summed E-state index contributed by atoms with van der Waals surface area (Å²) in [6.07, 6.45) is 2.33. The summed E-state index contributed by atoms with van der Waals surface area (Å²) in [5, 5.41) is 3.29. The van der Waals surface area contributed by atoms with Crippen LogP contribution in [0, 0.1) is 0 Å². The predicted octanol–water partition coefficient (Wildman–Crippen LogP) is 0.602. The van der Waals surface area contributed by atoms with Crippen LogP contribution in [0.3, 0.4) is 0 Å². The van der Waals surface area contributed by atoms with E-state index in [1.165, 1.54) is 4.31 Å². The lowest BCUT2D eigenvalue weighted by Gasteiger charge is -2.18. The highest BCUT2D eigenvalue weighted by Crippen LogP contribution is 2.15. The van der Waals surface area contributed by atoms with E-state index in [-0.39, 0.29) is 5.03 Å². The van der Waals surface area contributed by atoms with E-state index in [4.69, 9.17) is 4.74 Å². The summed E-state index contributed by atoms with van der Waals surface area (Å²) in [7, 11) is -3.50. The highest BCUT2D eigenvalue weighted by atomic mass is 32.2. The van der Waals surface area contributed by atoms with Gasteiger partial charge in [0, 0.05) is 32.4 Å². The van der Waals surface area contributed by atoms with Gasteiger partial charge < -0.3 is 10.1 Å². The van der Waals surface area contributed by atoms with Gasteiger partial charge in [-0.2, -0.15) is 4.31 Å². The van der Waals surface area contributed by atoms with Crippen LogP contribution in [0.5, 0.6) is 0 Å². The molecule has 2 rings (SSSR count). The summed E-state index contributed by atoms with van der Waals surface area (Å²) in [5.74, 6) is 0. The highest BCUT2D eigenvalue weighted by molar-refractivity contribution is 7.89. The van der Waals surface area contributed by atoms with E-state index >= 15 is 0 Å². The number of hydrogen-bond acceptors (Lipinski definition) is 5. The molecule has 0 amide bonds. The van der Waals surface area contributed by atoms with E-state index in [0.717, 1.165) is 18.5 Å². The van der Waals surface area contributed by atoms with E-state index in [9.17, 15) is 8.42 Å². The fourth-order valence-corrected chi connectivity index (χ4v) is 3.41. The maximum Gasteiger partial charge on any atom is 0.260 e. The number of ether oxygens (including phenoxy) is 1. The first kappa shape index (κ1) is 15.4. The Morgan fingerprint density at radius 2 is 2.20 bits per heavy atom. The van der Waals surface area contributed by atoms with Crippen molar-refractivity contribution >= 4 is 10.0 Å². The maximum atomic E-state index is 12.5. The summed E-state index contributed by atoms with van der Waals surface area (Å²) < 4.78 is 31.7. The van der Waals surface area contributed by atoms with Crippen molar-refractivity contribution in [2.24, 2.45) is 0 Å². The van der Waals surface area contributed by atoms with Crippen LogP contribution in [0.4, 0.5) is 0 Å². The van der Waals surface area contributed by atoms with Crippen molar-refractivity contribution in [3.05, 3.63) is 23.9 Å². The number of nitrogens with zero attached hydrogens (tertiary/aromatic N) is 2. The largest absolute Gasteiger partial charge is 0.380 e. The van der Waals surface area contributed by atoms with Gasteiger partial charge in [-0.15, -0.1) is 0 Å². The molecule has 7 heteroatoms. The number of aromatic nitrogens is 1. The lowest BCUT2D eigenvalue weighted by atomic mass is 10.3. The zero-order valence-electron chi connectivity index (χ0n) is 11.7. The third-order valence-corrected chi connectivity index (χ3v) is 4.98. The van der Waals surface area contributed by atoms with Crippen LogP contribution in [-0.2, 0) is 21.3 Å². The SMILES string of the molecule is CCNCc1ccc(S(=O)(=O)N2CCCOCC2)nc1. The van der Waals surface area contributed by atoms with Gasteiger partial charge in [0.1, 0.15) is 0 Å².